The van der Waals surface area contributed by atoms with Gasteiger partial charge in [-0.15, -0.1) is 0 Å². The number of hydrogen-bond donors (Lipinski definition) is 1. The lowest BCUT2D eigenvalue weighted by atomic mass is 10.2. The van der Waals surface area contributed by atoms with Crippen molar-refractivity contribution in [1.29, 1.82) is 0 Å². The second kappa shape index (κ2) is 5.03. The summed E-state index contributed by atoms with van der Waals surface area (Å²) in [4.78, 5) is 4.43. The molecule has 2 aromatic carbocycles. The van der Waals surface area contributed by atoms with E-state index in [0.717, 1.165) is 26.8 Å². The number of rotatable bonds is 3. The predicted octanol–water partition coefficient (Wildman–Crippen LogP) is 4.69. The maximum atomic E-state index is 5.33. The Morgan fingerprint density at radius 1 is 0.905 bits per heavy atom. The van der Waals surface area contributed by atoms with E-state index in [4.69, 9.17) is 4.52 Å². The Kier molecular flexibility index (Phi) is 2.90. The van der Waals surface area contributed by atoms with Crippen LogP contribution in [0, 0.1) is 0 Å². The zero-order valence-electron chi connectivity index (χ0n) is 11.0. The van der Waals surface area contributed by atoms with Crippen molar-refractivity contribution in [3.05, 3.63) is 60.7 Å². The van der Waals surface area contributed by atoms with Gasteiger partial charge in [0, 0.05) is 11.3 Å². The molecule has 0 saturated heterocycles. The molecule has 0 amide bonds. The SMILES string of the molecule is c1ccc(Nc2nc3onc(-c4ccccc4)c3s2)cc1. The van der Waals surface area contributed by atoms with Gasteiger partial charge >= 0.3 is 0 Å². The molecular formula is C16H11N3OS. The maximum Gasteiger partial charge on any atom is 0.271 e. The highest BCUT2D eigenvalue weighted by Gasteiger charge is 2.15. The summed E-state index contributed by atoms with van der Waals surface area (Å²) in [6.07, 6.45) is 0. The van der Waals surface area contributed by atoms with Crippen LogP contribution in [-0.2, 0) is 0 Å². The summed E-state index contributed by atoms with van der Waals surface area (Å²) in [5, 5.41) is 8.20. The molecule has 21 heavy (non-hydrogen) atoms. The van der Waals surface area contributed by atoms with Crippen LogP contribution in [0.3, 0.4) is 0 Å². The summed E-state index contributed by atoms with van der Waals surface area (Å²) < 4.78 is 6.29. The first-order valence-electron chi connectivity index (χ1n) is 6.54. The summed E-state index contributed by atoms with van der Waals surface area (Å²) in [5.41, 5.74) is 3.44. The van der Waals surface area contributed by atoms with Crippen LogP contribution in [0.5, 0.6) is 0 Å². The molecule has 0 aliphatic heterocycles. The predicted molar refractivity (Wildman–Crippen MR) is 84.8 cm³/mol. The lowest BCUT2D eigenvalue weighted by Crippen LogP contribution is -1.87. The molecule has 0 radical (unpaired) electrons. The van der Waals surface area contributed by atoms with Gasteiger partial charge in [-0.1, -0.05) is 65.0 Å². The van der Waals surface area contributed by atoms with Crippen LogP contribution in [-0.4, -0.2) is 10.1 Å². The minimum Gasteiger partial charge on any atom is -0.334 e. The number of nitrogens with zero attached hydrogens (tertiary/aromatic N) is 2. The van der Waals surface area contributed by atoms with Crippen molar-refractivity contribution in [2.45, 2.75) is 0 Å². The van der Waals surface area contributed by atoms with E-state index in [-0.39, 0.29) is 0 Å². The summed E-state index contributed by atoms with van der Waals surface area (Å²) in [6.45, 7) is 0. The van der Waals surface area contributed by atoms with Gasteiger partial charge in [-0.2, -0.15) is 4.98 Å². The molecule has 5 heteroatoms. The summed E-state index contributed by atoms with van der Waals surface area (Å²) >= 11 is 1.54. The van der Waals surface area contributed by atoms with E-state index in [9.17, 15) is 0 Å². The molecule has 102 valence electrons. The summed E-state index contributed by atoms with van der Waals surface area (Å²) in [6, 6.07) is 19.9. The fraction of sp³-hybridized carbons (Fsp3) is 0. The number of fused-ring (bicyclic) bond motifs is 1. The van der Waals surface area contributed by atoms with Crippen molar-refractivity contribution < 1.29 is 4.52 Å². The van der Waals surface area contributed by atoms with Gasteiger partial charge in [0.05, 0.1) is 0 Å². The topological polar surface area (TPSA) is 51.0 Å². The van der Waals surface area contributed by atoms with Crippen LogP contribution in [0.1, 0.15) is 0 Å². The fourth-order valence-corrected chi connectivity index (χ4v) is 3.04. The lowest BCUT2D eigenvalue weighted by Gasteiger charge is -2.00. The molecule has 4 rings (SSSR count). The Balaban J connectivity index is 1.73. The maximum absolute atomic E-state index is 5.33. The molecule has 0 saturated carbocycles. The molecule has 4 aromatic rings. The van der Waals surface area contributed by atoms with Gasteiger partial charge < -0.3 is 9.84 Å². The van der Waals surface area contributed by atoms with Crippen molar-refractivity contribution >= 4 is 32.6 Å². The van der Waals surface area contributed by atoms with E-state index in [0.29, 0.717) is 5.71 Å². The third kappa shape index (κ3) is 2.28. The third-order valence-corrected chi connectivity index (χ3v) is 4.07. The molecule has 0 aliphatic rings. The Bertz CT molecular complexity index is 868. The van der Waals surface area contributed by atoms with E-state index in [2.05, 4.69) is 15.5 Å². The van der Waals surface area contributed by atoms with E-state index < -0.39 is 0 Å². The molecule has 1 N–H and O–H groups in total. The molecule has 0 unspecified atom stereocenters. The van der Waals surface area contributed by atoms with Gasteiger partial charge in [-0.3, -0.25) is 0 Å². The smallest absolute Gasteiger partial charge is 0.271 e. The van der Waals surface area contributed by atoms with Crippen molar-refractivity contribution in [3.63, 3.8) is 0 Å². The third-order valence-electron chi connectivity index (χ3n) is 3.11. The van der Waals surface area contributed by atoms with Gasteiger partial charge in [0.2, 0.25) is 0 Å². The van der Waals surface area contributed by atoms with Gasteiger partial charge in [-0.25, -0.2) is 0 Å². The summed E-state index contributed by atoms with van der Waals surface area (Å²) in [5.74, 6) is 0. The van der Waals surface area contributed by atoms with Crippen molar-refractivity contribution in [2.24, 2.45) is 0 Å². The van der Waals surface area contributed by atoms with E-state index in [1.807, 2.05) is 60.7 Å². The minimum absolute atomic E-state index is 0.567. The van der Waals surface area contributed by atoms with Gasteiger partial charge in [0.1, 0.15) is 10.4 Å². The first kappa shape index (κ1) is 12.1. The second-order valence-corrected chi connectivity index (χ2v) is 5.54. The number of aromatic nitrogens is 2. The molecule has 0 fully saturated rings. The Hall–Kier alpha value is -2.66. The van der Waals surface area contributed by atoms with Crippen LogP contribution in [0.2, 0.25) is 0 Å². The molecule has 4 nitrogen and oxygen atoms in total. The number of hydrogen-bond acceptors (Lipinski definition) is 5. The molecule has 0 atom stereocenters. The number of anilines is 2. The molecule has 2 heterocycles. The zero-order valence-corrected chi connectivity index (χ0v) is 11.8. The highest BCUT2D eigenvalue weighted by Crippen LogP contribution is 2.35. The number of benzene rings is 2. The fourth-order valence-electron chi connectivity index (χ4n) is 2.13. The highest BCUT2D eigenvalue weighted by atomic mass is 32.1. The Labute approximate surface area is 125 Å². The summed E-state index contributed by atoms with van der Waals surface area (Å²) in [7, 11) is 0. The quantitative estimate of drug-likeness (QED) is 0.595. The van der Waals surface area contributed by atoms with Crippen LogP contribution in [0.25, 0.3) is 21.7 Å². The minimum atomic E-state index is 0.567. The molecule has 0 spiro atoms. The van der Waals surface area contributed by atoms with Gasteiger partial charge in [-0.05, 0) is 12.1 Å². The largest absolute Gasteiger partial charge is 0.334 e. The standard InChI is InChI=1S/C16H11N3OS/c1-3-7-11(8-4-1)13-14-15(20-19-13)18-16(21-14)17-12-9-5-2-6-10-12/h1-10H,(H,17,18). The molecule has 2 aromatic heterocycles. The molecular weight excluding hydrogens is 282 g/mol. The monoisotopic (exact) mass is 293 g/mol. The van der Waals surface area contributed by atoms with Crippen molar-refractivity contribution in [3.8, 4) is 11.3 Å². The van der Waals surface area contributed by atoms with Gasteiger partial charge in [0.15, 0.2) is 5.13 Å². The van der Waals surface area contributed by atoms with Crippen molar-refractivity contribution in [1.82, 2.24) is 10.1 Å². The Morgan fingerprint density at radius 3 is 2.38 bits per heavy atom. The molecule has 0 bridgehead atoms. The van der Waals surface area contributed by atoms with E-state index in [1.54, 1.807) is 11.3 Å². The van der Waals surface area contributed by atoms with Crippen LogP contribution in [0.4, 0.5) is 10.8 Å². The van der Waals surface area contributed by atoms with Crippen LogP contribution < -0.4 is 5.32 Å². The van der Waals surface area contributed by atoms with E-state index >= 15 is 0 Å². The van der Waals surface area contributed by atoms with E-state index in [1.165, 1.54) is 0 Å². The number of para-hydroxylation sites is 1. The Morgan fingerprint density at radius 2 is 1.62 bits per heavy atom. The highest BCUT2D eigenvalue weighted by molar-refractivity contribution is 7.22. The number of thiazole rings is 1. The average Bonchev–Trinajstić information content (AvgIpc) is 3.09. The second-order valence-electron chi connectivity index (χ2n) is 4.54. The molecule has 0 aliphatic carbocycles. The average molecular weight is 293 g/mol. The normalized spacial score (nSPS) is 10.9. The zero-order chi connectivity index (χ0) is 14.1. The van der Waals surface area contributed by atoms with Crippen LogP contribution >= 0.6 is 11.3 Å². The van der Waals surface area contributed by atoms with Crippen molar-refractivity contribution in [2.75, 3.05) is 5.32 Å². The first-order chi connectivity index (χ1) is 10.4. The first-order valence-corrected chi connectivity index (χ1v) is 7.35. The lowest BCUT2D eigenvalue weighted by molar-refractivity contribution is 0.452. The number of nitrogens with one attached hydrogen (secondary N) is 1. The van der Waals surface area contributed by atoms with Crippen LogP contribution in [0.15, 0.2) is 65.2 Å². The van der Waals surface area contributed by atoms with Gasteiger partial charge in [0.25, 0.3) is 5.71 Å².